The average Bonchev–Trinajstić information content (AvgIpc) is 2.76. The van der Waals surface area contributed by atoms with Crippen LogP contribution in [0.25, 0.3) is 0 Å². The second kappa shape index (κ2) is 10.5. The highest BCUT2D eigenvalue weighted by Crippen LogP contribution is 2.27. The van der Waals surface area contributed by atoms with Crippen molar-refractivity contribution >= 4 is 35.0 Å². The van der Waals surface area contributed by atoms with E-state index in [0.29, 0.717) is 28.7 Å². The fraction of sp³-hybridized carbons (Fsp3) is 0.0909. The first-order valence-electron chi connectivity index (χ1n) is 8.95. The Morgan fingerprint density at radius 2 is 1.57 bits per heavy atom. The molecule has 0 spiro atoms. The predicted octanol–water partition coefficient (Wildman–Crippen LogP) is 4.41. The largest absolute Gasteiger partial charge is 0.489 e. The second-order valence-electron chi connectivity index (χ2n) is 6.16. The Morgan fingerprint density at radius 1 is 0.833 bits per heavy atom. The quantitative estimate of drug-likeness (QED) is 0.529. The summed E-state index contributed by atoms with van der Waals surface area (Å²) >= 11 is 11.8. The van der Waals surface area contributed by atoms with Crippen LogP contribution in [0.3, 0.4) is 0 Å². The fourth-order valence-electron chi connectivity index (χ4n) is 2.41. The molecular weight excluding hydrogens is 427 g/mol. The van der Waals surface area contributed by atoms with Crippen molar-refractivity contribution in [1.29, 1.82) is 0 Å². The zero-order valence-electron chi connectivity index (χ0n) is 15.7. The van der Waals surface area contributed by atoms with Gasteiger partial charge >= 0.3 is 0 Å². The molecule has 2 N–H and O–H groups in total. The van der Waals surface area contributed by atoms with Gasteiger partial charge in [0.25, 0.3) is 11.8 Å². The summed E-state index contributed by atoms with van der Waals surface area (Å²) in [6.45, 7) is 0.105. The Kier molecular flexibility index (Phi) is 7.54. The molecule has 0 atom stereocenters. The molecule has 0 radical (unpaired) electrons. The predicted molar refractivity (Wildman–Crippen MR) is 115 cm³/mol. The zero-order chi connectivity index (χ0) is 21.3. The van der Waals surface area contributed by atoms with Crippen LogP contribution in [0.5, 0.6) is 11.5 Å². The van der Waals surface area contributed by atoms with Gasteiger partial charge < -0.3 is 9.47 Å². The van der Waals surface area contributed by atoms with E-state index in [2.05, 4.69) is 10.9 Å². The van der Waals surface area contributed by atoms with Crippen molar-refractivity contribution in [2.75, 3.05) is 6.61 Å². The van der Waals surface area contributed by atoms with Gasteiger partial charge in [0.05, 0.1) is 5.02 Å². The number of benzene rings is 3. The monoisotopic (exact) mass is 444 g/mol. The molecule has 0 unspecified atom stereocenters. The van der Waals surface area contributed by atoms with Crippen LogP contribution in [0.1, 0.15) is 15.9 Å². The minimum atomic E-state index is -0.544. The molecule has 0 aliphatic heterocycles. The van der Waals surface area contributed by atoms with Gasteiger partial charge in [0.2, 0.25) is 0 Å². The maximum Gasteiger partial charge on any atom is 0.276 e. The molecule has 0 heterocycles. The molecule has 0 bridgehead atoms. The number of carbonyl (C=O) groups excluding carboxylic acids is 2. The van der Waals surface area contributed by atoms with Crippen molar-refractivity contribution in [3.8, 4) is 11.5 Å². The molecular formula is C22H18Cl2N2O4. The lowest BCUT2D eigenvalue weighted by Gasteiger charge is -2.10. The van der Waals surface area contributed by atoms with Crippen LogP contribution in [0, 0.1) is 0 Å². The van der Waals surface area contributed by atoms with Crippen molar-refractivity contribution in [2.24, 2.45) is 0 Å². The summed E-state index contributed by atoms with van der Waals surface area (Å²) < 4.78 is 11.0. The normalized spacial score (nSPS) is 10.2. The number of hydrazine groups is 1. The number of nitrogens with one attached hydrogen (secondary N) is 2. The third-order valence-corrected chi connectivity index (χ3v) is 4.46. The Balaban J connectivity index is 1.43. The average molecular weight is 445 g/mol. The summed E-state index contributed by atoms with van der Waals surface area (Å²) in [5.41, 5.74) is 6.01. The van der Waals surface area contributed by atoms with Gasteiger partial charge in [-0.3, -0.25) is 20.4 Å². The summed E-state index contributed by atoms with van der Waals surface area (Å²) in [5.74, 6) is -0.0685. The van der Waals surface area contributed by atoms with Crippen LogP contribution in [0.4, 0.5) is 0 Å². The summed E-state index contributed by atoms with van der Waals surface area (Å²) in [5, 5.41) is 0.745. The number of amides is 2. The topological polar surface area (TPSA) is 76.7 Å². The Labute approximate surface area is 183 Å². The van der Waals surface area contributed by atoms with Crippen LogP contribution in [0.2, 0.25) is 10.0 Å². The van der Waals surface area contributed by atoms with Crippen LogP contribution in [0.15, 0.2) is 72.8 Å². The lowest BCUT2D eigenvalue weighted by atomic mass is 10.2. The minimum absolute atomic E-state index is 0.286. The van der Waals surface area contributed by atoms with E-state index in [9.17, 15) is 9.59 Å². The van der Waals surface area contributed by atoms with Crippen LogP contribution in [-0.2, 0) is 11.4 Å². The summed E-state index contributed by atoms with van der Waals surface area (Å²) in [6, 6.07) is 21.0. The van der Waals surface area contributed by atoms with Gasteiger partial charge in [-0.15, -0.1) is 0 Å². The first-order chi connectivity index (χ1) is 14.5. The smallest absolute Gasteiger partial charge is 0.276 e. The standard InChI is InChI=1S/C22H18Cl2N2O4/c23-17-8-11-20(19(24)12-17)30-14-21(27)25-26-22(28)16-6-9-18(10-7-16)29-13-15-4-2-1-3-5-15/h1-12H,13-14H2,(H,25,27)(H,26,28). The third kappa shape index (κ3) is 6.40. The molecule has 2 amide bonds. The van der Waals surface area contributed by atoms with E-state index in [-0.39, 0.29) is 11.6 Å². The van der Waals surface area contributed by atoms with Gasteiger partial charge in [-0.25, -0.2) is 0 Å². The van der Waals surface area contributed by atoms with Gasteiger partial charge in [-0.2, -0.15) is 0 Å². The van der Waals surface area contributed by atoms with Gasteiger partial charge in [0.15, 0.2) is 6.61 Å². The molecule has 0 aliphatic rings. The van der Waals surface area contributed by atoms with Gasteiger partial charge in [0.1, 0.15) is 18.1 Å². The van der Waals surface area contributed by atoms with Crippen LogP contribution < -0.4 is 20.3 Å². The molecule has 3 aromatic rings. The number of rotatable bonds is 7. The molecule has 0 aliphatic carbocycles. The molecule has 30 heavy (non-hydrogen) atoms. The molecule has 0 fully saturated rings. The van der Waals surface area contributed by atoms with Crippen molar-refractivity contribution < 1.29 is 19.1 Å². The number of hydrogen-bond acceptors (Lipinski definition) is 4. The number of carbonyl (C=O) groups is 2. The van der Waals surface area contributed by atoms with Crippen LogP contribution in [-0.4, -0.2) is 18.4 Å². The molecule has 0 saturated carbocycles. The van der Waals surface area contributed by atoms with E-state index in [1.54, 1.807) is 36.4 Å². The van der Waals surface area contributed by atoms with E-state index < -0.39 is 11.8 Å². The lowest BCUT2D eigenvalue weighted by molar-refractivity contribution is -0.123. The van der Waals surface area contributed by atoms with Crippen molar-refractivity contribution in [2.45, 2.75) is 6.61 Å². The van der Waals surface area contributed by atoms with E-state index >= 15 is 0 Å². The first-order valence-corrected chi connectivity index (χ1v) is 9.70. The third-order valence-electron chi connectivity index (χ3n) is 3.93. The van der Waals surface area contributed by atoms with E-state index in [1.165, 1.54) is 6.07 Å². The van der Waals surface area contributed by atoms with Gasteiger partial charge in [-0.1, -0.05) is 53.5 Å². The Morgan fingerprint density at radius 3 is 2.27 bits per heavy atom. The summed E-state index contributed by atoms with van der Waals surface area (Å²) in [7, 11) is 0. The zero-order valence-corrected chi connectivity index (χ0v) is 17.2. The first kappa shape index (κ1) is 21.5. The van der Waals surface area contributed by atoms with E-state index in [1.807, 2.05) is 30.3 Å². The van der Waals surface area contributed by atoms with Crippen molar-refractivity contribution in [3.63, 3.8) is 0 Å². The minimum Gasteiger partial charge on any atom is -0.489 e. The molecule has 0 aromatic heterocycles. The van der Waals surface area contributed by atoms with E-state index in [0.717, 1.165) is 5.56 Å². The van der Waals surface area contributed by atoms with E-state index in [4.69, 9.17) is 32.7 Å². The van der Waals surface area contributed by atoms with Crippen molar-refractivity contribution in [1.82, 2.24) is 10.9 Å². The highest BCUT2D eigenvalue weighted by atomic mass is 35.5. The maximum absolute atomic E-state index is 12.2. The molecule has 0 saturated heterocycles. The lowest BCUT2D eigenvalue weighted by Crippen LogP contribution is -2.43. The number of ether oxygens (including phenoxy) is 2. The maximum atomic E-state index is 12.2. The summed E-state index contributed by atoms with van der Waals surface area (Å²) in [4.78, 5) is 24.0. The second-order valence-corrected chi connectivity index (χ2v) is 7.01. The number of hydrogen-bond donors (Lipinski definition) is 2. The molecule has 154 valence electrons. The Bertz CT molecular complexity index is 1010. The Hall–Kier alpha value is -3.22. The van der Waals surface area contributed by atoms with Crippen molar-refractivity contribution in [3.05, 3.63) is 94.0 Å². The van der Waals surface area contributed by atoms with Gasteiger partial charge in [0, 0.05) is 10.6 Å². The summed E-state index contributed by atoms with van der Waals surface area (Å²) in [6.07, 6.45) is 0. The molecule has 8 heteroatoms. The van der Waals surface area contributed by atoms with Crippen LogP contribution >= 0.6 is 23.2 Å². The molecule has 3 aromatic carbocycles. The molecule has 6 nitrogen and oxygen atoms in total. The molecule has 3 rings (SSSR count). The fourth-order valence-corrected chi connectivity index (χ4v) is 2.88. The highest BCUT2D eigenvalue weighted by Gasteiger charge is 2.10. The highest BCUT2D eigenvalue weighted by molar-refractivity contribution is 6.35. The SMILES string of the molecule is O=C(COc1ccc(Cl)cc1Cl)NNC(=O)c1ccc(OCc2ccccc2)cc1. The van der Waals surface area contributed by atoms with Gasteiger partial charge in [-0.05, 0) is 48.0 Å². The number of halogens is 2.